The minimum Gasteiger partial charge on any atom is -0.346 e. The standard InChI is InChI=1S/C8H6N2O2S/c11-4-10-6-3-9-8(12)5(6)1-2-7(10)13/h1-2,4H,3H2,(H,9,12). The fraction of sp³-hybridized carbons (Fsp3) is 0.125. The van der Waals surface area contributed by atoms with Gasteiger partial charge in [-0.15, -0.1) is 0 Å². The van der Waals surface area contributed by atoms with Gasteiger partial charge < -0.3 is 5.32 Å². The van der Waals surface area contributed by atoms with E-state index in [1.165, 1.54) is 4.57 Å². The molecule has 0 bridgehead atoms. The molecule has 0 aromatic carbocycles. The van der Waals surface area contributed by atoms with Crippen molar-refractivity contribution in [1.29, 1.82) is 0 Å². The van der Waals surface area contributed by atoms with Gasteiger partial charge in [-0.3, -0.25) is 14.2 Å². The van der Waals surface area contributed by atoms with Crippen LogP contribution >= 0.6 is 12.2 Å². The van der Waals surface area contributed by atoms with Crippen LogP contribution in [0.3, 0.4) is 0 Å². The molecule has 0 saturated heterocycles. The molecule has 66 valence electrons. The van der Waals surface area contributed by atoms with Gasteiger partial charge in [0.1, 0.15) is 4.64 Å². The summed E-state index contributed by atoms with van der Waals surface area (Å²) in [6, 6.07) is 3.22. The molecular weight excluding hydrogens is 188 g/mol. The second-order valence-corrected chi connectivity index (χ2v) is 3.11. The van der Waals surface area contributed by atoms with E-state index in [1.807, 2.05) is 0 Å². The average molecular weight is 194 g/mol. The number of pyridine rings is 1. The Kier molecular flexibility index (Phi) is 1.73. The Balaban J connectivity index is 2.78. The van der Waals surface area contributed by atoms with Crippen LogP contribution in [-0.4, -0.2) is 16.9 Å². The monoisotopic (exact) mass is 194 g/mol. The van der Waals surface area contributed by atoms with Crippen LogP contribution < -0.4 is 5.32 Å². The maximum absolute atomic E-state index is 11.2. The van der Waals surface area contributed by atoms with E-state index < -0.39 is 0 Å². The molecule has 0 unspecified atom stereocenters. The molecule has 2 rings (SSSR count). The summed E-state index contributed by atoms with van der Waals surface area (Å²) in [6.45, 7) is 0.372. The fourth-order valence-electron chi connectivity index (χ4n) is 1.36. The highest BCUT2D eigenvalue weighted by molar-refractivity contribution is 7.71. The number of aromatic nitrogens is 1. The lowest BCUT2D eigenvalue weighted by Gasteiger charge is -2.02. The van der Waals surface area contributed by atoms with E-state index in [4.69, 9.17) is 12.2 Å². The summed E-state index contributed by atoms with van der Waals surface area (Å²) in [4.78, 5) is 21.8. The van der Waals surface area contributed by atoms with E-state index in [1.54, 1.807) is 12.1 Å². The van der Waals surface area contributed by atoms with Gasteiger partial charge in [0.05, 0.1) is 17.8 Å². The van der Waals surface area contributed by atoms with Crippen molar-refractivity contribution in [2.75, 3.05) is 0 Å². The molecule has 1 aliphatic heterocycles. The first-order valence-corrected chi connectivity index (χ1v) is 4.13. The van der Waals surface area contributed by atoms with E-state index in [-0.39, 0.29) is 5.91 Å². The van der Waals surface area contributed by atoms with Crippen LogP contribution in [0.2, 0.25) is 0 Å². The lowest BCUT2D eigenvalue weighted by molar-refractivity contribution is 0.0966. The van der Waals surface area contributed by atoms with Crippen LogP contribution in [-0.2, 0) is 11.3 Å². The third kappa shape index (κ3) is 1.08. The van der Waals surface area contributed by atoms with E-state index in [0.29, 0.717) is 28.9 Å². The Bertz CT molecular complexity index is 450. The molecule has 0 fully saturated rings. The van der Waals surface area contributed by atoms with Crippen LogP contribution in [0.15, 0.2) is 12.1 Å². The number of rotatable bonds is 1. The molecule has 1 aromatic rings. The molecule has 0 saturated carbocycles. The number of amides is 1. The van der Waals surface area contributed by atoms with Gasteiger partial charge in [0.2, 0.25) is 6.41 Å². The zero-order valence-corrected chi connectivity index (χ0v) is 7.43. The number of carbonyl (C=O) groups is 2. The summed E-state index contributed by atoms with van der Waals surface area (Å²) in [5.41, 5.74) is 1.17. The summed E-state index contributed by atoms with van der Waals surface area (Å²) in [6.07, 6.45) is 0.626. The first-order chi connectivity index (χ1) is 6.24. The molecule has 4 nitrogen and oxygen atoms in total. The van der Waals surface area contributed by atoms with E-state index in [9.17, 15) is 9.59 Å². The molecule has 0 aliphatic carbocycles. The van der Waals surface area contributed by atoms with Crippen LogP contribution in [0, 0.1) is 4.64 Å². The molecule has 1 amide bonds. The summed E-state index contributed by atoms with van der Waals surface area (Å²) >= 11 is 4.92. The summed E-state index contributed by atoms with van der Waals surface area (Å²) in [5, 5.41) is 2.62. The third-order valence-electron chi connectivity index (χ3n) is 2.00. The summed E-state index contributed by atoms with van der Waals surface area (Å²) < 4.78 is 1.73. The van der Waals surface area contributed by atoms with Gasteiger partial charge in [-0.05, 0) is 12.1 Å². The Hall–Kier alpha value is -1.49. The van der Waals surface area contributed by atoms with Gasteiger partial charge in [-0.1, -0.05) is 12.2 Å². The van der Waals surface area contributed by atoms with E-state index in [0.717, 1.165) is 0 Å². The minimum absolute atomic E-state index is 0.152. The average Bonchev–Trinajstić information content (AvgIpc) is 2.48. The maximum Gasteiger partial charge on any atom is 0.253 e. The van der Waals surface area contributed by atoms with Crippen molar-refractivity contribution in [3.63, 3.8) is 0 Å². The highest BCUT2D eigenvalue weighted by Gasteiger charge is 2.21. The highest BCUT2D eigenvalue weighted by atomic mass is 32.1. The lowest BCUT2D eigenvalue weighted by atomic mass is 10.2. The Morgan fingerprint density at radius 2 is 2.31 bits per heavy atom. The first kappa shape index (κ1) is 8.12. The van der Waals surface area contributed by atoms with Gasteiger partial charge >= 0.3 is 0 Å². The van der Waals surface area contributed by atoms with Crippen molar-refractivity contribution in [2.24, 2.45) is 0 Å². The molecule has 13 heavy (non-hydrogen) atoms. The fourth-order valence-corrected chi connectivity index (χ4v) is 1.58. The highest BCUT2D eigenvalue weighted by Crippen LogP contribution is 2.14. The first-order valence-electron chi connectivity index (χ1n) is 3.72. The molecule has 1 N–H and O–H groups in total. The van der Waals surface area contributed by atoms with Crippen molar-refractivity contribution >= 4 is 24.5 Å². The third-order valence-corrected chi connectivity index (χ3v) is 2.33. The number of nitrogens with one attached hydrogen (secondary N) is 1. The maximum atomic E-state index is 11.2. The normalized spacial score (nSPS) is 13.7. The van der Waals surface area contributed by atoms with Crippen LogP contribution in [0.25, 0.3) is 0 Å². The lowest BCUT2D eigenvalue weighted by Crippen LogP contribution is -2.12. The molecule has 1 aromatic heterocycles. The number of hydrogen-bond donors (Lipinski definition) is 1. The second kappa shape index (κ2) is 2.77. The quantitative estimate of drug-likeness (QED) is 0.523. The molecule has 5 heteroatoms. The van der Waals surface area contributed by atoms with Gasteiger partial charge in [-0.25, -0.2) is 0 Å². The molecular formula is C8H6N2O2S. The van der Waals surface area contributed by atoms with Crippen molar-refractivity contribution < 1.29 is 9.59 Å². The smallest absolute Gasteiger partial charge is 0.253 e. The van der Waals surface area contributed by atoms with Crippen molar-refractivity contribution in [3.8, 4) is 0 Å². The Morgan fingerprint density at radius 1 is 1.54 bits per heavy atom. The topological polar surface area (TPSA) is 51.1 Å². The SMILES string of the molecule is O=Cn1c2c(ccc1=S)C(=O)NC2. The number of fused-ring (bicyclic) bond motifs is 1. The minimum atomic E-state index is -0.152. The number of carbonyl (C=O) groups excluding carboxylic acids is 2. The van der Waals surface area contributed by atoms with Gasteiger partial charge in [0.25, 0.3) is 5.91 Å². The van der Waals surface area contributed by atoms with Gasteiger partial charge in [0, 0.05) is 0 Å². The van der Waals surface area contributed by atoms with Crippen LogP contribution in [0.5, 0.6) is 0 Å². The largest absolute Gasteiger partial charge is 0.346 e. The molecule has 0 atom stereocenters. The molecule has 2 heterocycles. The Morgan fingerprint density at radius 3 is 3.00 bits per heavy atom. The van der Waals surface area contributed by atoms with E-state index in [2.05, 4.69) is 5.32 Å². The molecule has 0 spiro atoms. The Labute approximate surface area is 79.2 Å². The predicted molar refractivity (Wildman–Crippen MR) is 48.6 cm³/mol. The number of nitrogens with zero attached hydrogens (tertiary/aromatic N) is 1. The van der Waals surface area contributed by atoms with E-state index >= 15 is 0 Å². The van der Waals surface area contributed by atoms with Crippen molar-refractivity contribution in [2.45, 2.75) is 6.54 Å². The van der Waals surface area contributed by atoms with Crippen LogP contribution in [0.1, 0.15) is 16.1 Å². The molecule has 0 radical (unpaired) electrons. The molecule has 1 aliphatic rings. The zero-order valence-electron chi connectivity index (χ0n) is 6.61. The van der Waals surface area contributed by atoms with Gasteiger partial charge in [0.15, 0.2) is 0 Å². The number of hydrogen-bond acceptors (Lipinski definition) is 3. The van der Waals surface area contributed by atoms with Crippen LogP contribution in [0.4, 0.5) is 0 Å². The summed E-state index contributed by atoms with van der Waals surface area (Å²) in [7, 11) is 0. The predicted octanol–water partition coefficient (Wildman–Crippen LogP) is 0.499. The van der Waals surface area contributed by atoms with Crippen molar-refractivity contribution in [1.82, 2.24) is 9.88 Å². The van der Waals surface area contributed by atoms with Gasteiger partial charge in [-0.2, -0.15) is 0 Å². The zero-order chi connectivity index (χ0) is 9.42. The van der Waals surface area contributed by atoms with Crippen molar-refractivity contribution in [3.05, 3.63) is 28.0 Å². The summed E-state index contributed by atoms with van der Waals surface area (Å²) in [5.74, 6) is -0.152. The second-order valence-electron chi connectivity index (χ2n) is 2.69.